The molecule has 0 heterocycles. The Hall–Kier alpha value is -1.51. The largest absolute Gasteiger partial charge is 0.385 e. The van der Waals surface area contributed by atoms with Gasteiger partial charge >= 0.3 is 0 Å². The Balaban J connectivity index is 1.95. The first-order valence-corrected chi connectivity index (χ1v) is 6.74. The standard InChI is InChI=1S/C15H22N2O/c1-4-16-14-6-5-12(8-11(14)3)15(18)17-9-13-7-10(13)2/h5-6,8,10,13,16H,4,7,9H2,1-3H3,(H,17,18). The summed E-state index contributed by atoms with van der Waals surface area (Å²) < 4.78 is 0. The van der Waals surface area contributed by atoms with E-state index in [-0.39, 0.29) is 5.91 Å². The Kier molecular flexibility index (Phi) is 3.90. The van der Waals surface area contributed by atoms with E-state index in [9.17, 15) is 4.79 Å². The van der Waals surface area contributed by atoms with E-state index in [1.54, 1.807) is 0 Å². The molecule has 0 aromatic heterocycles. The zero-order chi connectivity index (χ0) is 13.1. The molecule has 1 aromatic carbocycles. The minimum atomic E-state index is 0.0419. The average molecular weight is 246 g/mol. The second-order valence-electron chi connectivity index (χ2n) is 5.24. The topological polar surface area (TPSA) is 41.1 Å². The van der Waals surface area contributed by atoms with Crippen LogP contribution in [0, 0.1) is 18.8 Å². The van der Waals surface area contributed by atoms with Gasteiger partial charge in [-0.15, -0.1) is 0 Å². The predicted molar refractivity (Wildman–Crippen MR) is 74.9 cm³/mol. The molecule has 3 nitrogen and oxygen atoms in total. The molecule has 98 valence electrons. The van der Waals surface area contributed by atoms with Crippen molar-refractivity contribution in [1.82, 2.24) is 5.32 Å². The van der Waals surface area contributed by atoms with Gasteiger partial charge in [-0.05, 0) is 55.9 Å². The van der Waals surface area contributed by atoms with Gasteiger partial charge in [-0.2, -0.15) is 0 Å². The van der Waals surface area contributed by atoms with Gasteiger partial charge in [0.2, 0.25) is 0 Å². The van der Waals surface area contributed by atoms with Crippen LogP contribution in [0.5, 0.6) is 0 Å². The Labute approximate surface area is 109 Å². The lowest BCUT2D eigenvalue weighted by Crippen LogP contribution is -2.26. The number of anilines is 1. The number of carbonyl (C=O) groups excluding carboxylic acids is 1. The van der Waals surface area contributed by atoms with E-state index in [4.69, 9.17) is 0 Å². The minimum absolute atomic E-state index is 0.0419. The molecule has 1 amide bonds. The van der Waals surface area contributed by atoms with Crippen LogP contribution in [0.1, 0.15) is 36.2 Å². The maximum Gasteiger partial charge on any atom is 0.251 e. The molecule has 0 saturated heterocycles. The Morgan fingerprint density at radius 1 is 1.44 bits per heavy atom. The molecule has 2 atom stereocenters. The number of aryl methyl sites for hydroxylation is 1. The van der Waals surface area contributed by atoms with Crippen molar-refractivity contribution in [2.75, 3.05) is 18.4 Å². The zero-order valence-corrected chi connectivity index (χ0v) is 11.4. The smallest absolute Gasteiger partial charge is 0.251 e. The molecule has 0 bridgehead atoms. The monoisotopic (exact) mass is 246 g/mol. The molecule has 18 heavy (non-hydrogen) atoms. The fraction of sp³-hybridized carbons (Fsp3) is 0.533. The lowest BCUT2D eigenvalue weighted by molar-refractivity contribution is 0.0951. The predicted octanol–water partition coefficient (Wildman–Crippen LogP) is 2.81. The van der Waals surface area contributed by atoms with Crippen LogP contribution in [0.15, 0.2) is 18.2 Å². The van der Waals surface area contributed by atoms with Gasteiger partial charge in [-0.25, -0.2) is 0 Å². The molecule has 0 radical (unpaired) electrons. The Bertz CT molecular complexity index is 442. The van der Waals surface area contributed by atoms with Crippen LogP contribution in [-0.4, -0.2) is 19.0 Å². The molecule has 1 aromatic rings. The van der Waals surface area contributed by atoms with Crippen molar-refractivity contribution in [1.29, 1.82) is 0 Å². The van der Waals surface area contributed by atoms with Gasteiger partial charge in [0, 0.05) is 24.3 Å². The highest BCUT2D eigenvalue weighted by Crippen LogP contribution is 2.36. The van der Waals surface area contributed by atoms with Crippen molar-refractivity contribution in [3.8, 4) is 0 Å². The fourth-order valence-corrected chi connectivity index (χ4v) is 2.20. The van der Waals surface area contributed by atoms with Crippen LogP contribution < -0.4 is 10.6 Å². The van der Waals surface area contributed by atoms with Gasteiger partial charge < -0.3 is 10.6 Å². The lowest BCUT2D eigenvalue weighted by atomic mass is 10.1. The summed E-state index contributed by atoms with van der Waals surface area (Å²) in [5, 5.41) is 6.29. The highest BCUT2D eigenvalue weighted by molar-refractivity contribution is 5.94. The summed E-state index contributed by atoms with van der Waals surface area (Å²) in [6.07, 6.45) is 1.25. The molecular weight excluding hydrogens is 224 g/mol. The highest BCUT2D eigenvalue weighted by Gasteiger charge is 2.32. The Morgan fingerprint density at radius 2 is 2.17 bits per heavy atom. The first-order chi connectivity index (χ1) is 8.61. The van der Waals surface area contributed by atoms with Crippen molar-refractivity contribution in [3.05, 3.63) is 29.3 Å². The third-order valence-corrected chi connectivity index (χ3v) is 3.66. The average Bonchev–Trinajstić information content (AvgIpc) is 3.05. The third-order valence-electron chi connectivity index (χ3n) is 3.66. The van der Waals surface area contributed by atoms with Crippen LogP contribution in [0.25, 0.3) is 0 Å². The number of hydrogen-bond donors (Lipinski definition) is 2. The fourth-order valence-electron chi connectivity index (χ4n) is 2.20. The molecule has 0 spiro atoms. The van der Waals surface area contributed by atoms with Crippen LogP contribution in [0.2, 0.25) is 0 Å². The second-order valence-corrected chi connectivity index (χ2v) is 5.24. The molecule has 2 N–H and O–H groups in total. The number of rotatable bonds is 5. The van der Waals surface area contributed by atoms with Crippen LogP contribution in [-0.2, 0) is 0 Å². The van der Waals surface area contributed by atoms with Gasteiger partial charge in [0.1, 0.15) is 0 Å². The third kappa shape index (κ3) is 3.03. The first-order valence-electron chi connectivity index (χ1n) is 6.74. The molecule has 0 aliphatic heterocycles. The lowest BCUT2D eigenvalue weighted by Gasteiger charge is -2.10. The number of nitrogens with one attached hydrogen (secondary N) is 2. The zero-order valence-electron chi connectivity index (χ0n) is 11.4. The minimum Gasteiger partial charge on any atom is -0.385 e. The van der Waals surface area contributed by atoms with Gasteiger partial charge in [0.25, 0.3) is 5.91 Å². The number of benzene rings is 1. The summed E-state index contributed by atoms with van der Waals surface area (Å²) in [4.78, 5) is 12.0. The molecule has 2 rings (SSSR count). The summed E-state index contributed by atoms with van der Waals surface area (Å²) >= 11 is 0. The summed E-state index contributed by atoms with van der Waals surface area (Å²) in [6, 6.07) is 5.81. The van der Waals surface area contributed by atoms with Gasteiger partial charge in [0.15, 0.2) is 0 Å². The molecule has 2 unspecified atom stereocenters. The quantitative estimate of drug-likeness (QED) is 0.838. The van der Waals surface area contributed by atoms with Gasteiger partial charge in [-0.1, -0.05) is 6.92 Å². The highest BCUT2D eigenvalue weighted by atomic mass is 16.1. The SMILES string of the molecule is CCNc1ccc(C(=O)NCC2CC2C)cc1C. The van der Waals surface area contributed by atoms with Crippen molar-refractivity contribution in [2.45, 2.75) is 27.2 Å². The first kappa shape index (κ1) is 12.9. The Morgan fingerprint density at radius 3 is 2.72 bits per heavy atom. The number of carbonyl (C=O) groups is 1. The van der Waals surface area contributed by atoms with E-state index in [0.717, 1.165) is 35.8 Å². The number of hydrogen-bond acceptors (Lipinski definition) is 2. The van der Waals surface area contributed by atoms with E-state index in [0.29, 0.717) is 5.92 Å². The molecule has 1 saturated carbocycles. The molecular formula is C15H22N2O. The number of amides is 1. The van der Waals surface area contributed by atoms with Gasteiger partial charge in [-0.3, -0.25) is 4.79 Å². The molecule has 1 aliphatic carbocycles. The maximum absolute atomic E-state index is 12.0. The van der Waals surface area contributed by atoms with Crippen LogP contribution >= 0.6 is 0 Å². The van der Waals surface area contributed by atoms with E-state index in [1.165, 1.54) is 6.42 Å². The van der Waals surface area contributed by atoms with E-state index >= 15 is 0 Å². The summed E-state index contributed by atoms with van der Waals surface area (Å²) in [6.45, 7) is 8.03. The van der Waals surface area contributed by atoms with Crippen molar-refractivity contribution < 1.29 is 4.79 Å². The summed E-state index contributed by atoms with van der Waals surface area (Å²) in [5.74, 6) is 1.51. The molecule has 3 heteroatoms. The van der Waals surface area contributed by atoms with Crippen molar-refractivity contribution in [2.24, 2.45) is 11.8 Å². The summed E-state index contributed by atoms with van der Waals surface area (Å²) in [5.41, 5.74) is 2.97. The second kappa shape index (κ2) is 5.42. The summed E-state index contributed by atoms with van der Waals surface area (Å²) in [7, 11) is 0. The van der Waals surface area contributed by atoms with E-state index in [1.807, 2.05) is 25.1 Å². The van der Waals surface area contributed by atoms with E-state index in [2.05, 4.69) is 24.5 Å². The maximum atomic E-state index is 12.0. The normalized spacial score (nSPS) is 21.5. The van der Waals surface area contributed by atoms with Crippen molar-refractivity contribution in [3.63, 3.8) is 0 Å². The van der Waals surface area contributed by atoms with E-state index < -0.39 is 0 Å². The molecule has 1 fully saturated rings. The van der Waals surface area contributed by atoms with Crippen molar-refractivity contribution >= 4 is 11.6 Å². The van der Waals surface area contributed by atoms with Gasteiger partial charge in [0.05, 0.1) is 0 Å². The van der Waals surface area contributed by atoms with Crippen LogP contribution in [0.3, 0.4) is 0 Å². The molecule has 1 aliphatic rings. The van der Waals surface area contributed by atoms with Crippen LogP contribution in [0.4, 0.5) is 5.69 Å².